The van der Waals surface area contributed by atoms with E-state index in [1.165, 1.54) is 12.8 Å². The van der Waals surface area contributed by atoms with Crippen molar-refractivity contribution < 1.29 is 4.74 Å². The van der Waals surface area contributed by atoms with Gasteiger partial charge in [0.15, 0.2) is 5.96 Å². The fourth-order valence-electron chi connectivity index (χ4n) is 3.19. The summed E-state index contributed by atoms with van der Waals surface area (Å²) in [5.41, 5.74) is 0. The van der Waals surface area contributed by atoms with E-state index in [1.54, 1.807) is 13.4 Å². The molecule has 0 spiro atoms. The van der Waals surface area contributed by atoms with Crippen molar-refractivity contribution in [2.75, 3.05) is 13.6 Å². The standard InChI is InChI=1S/C14H24N6O/c1-3-13-19-17-9-20(13)7-6-16-14(15-2)18-11-8-10-4-5-12(11)21-10/h9-12H,3-8H2,1-2H3,(H2,15,16,18). The van der Waals surface area contributed by atoms with E-state index in [-0.39, 0.29) is 0 Å². The highest BCUT2D eigenvalue weighted by Crippen LogP contribution is 2.34. The zero-order chi connectivity index (χ0) is 14.7. The second kappa shape index (κ2) is 6.43. The van der Waals surface area contributed by atoms with E-state index in [0.29, 0.717) is 18.2 Å². The Balaban J connectivity index is 1.45. The molecule has 2 saturated heterocycles. The van der Waals surface area contributed by atoms with Crippen molar-refractivity contribution >= 4 is 5.96 Å². The van der Waals surface area contributed by atoms with Crippen molar-refractivity contribution in [3.63, 3.8) is 0 Å². The van der Waals surface area contributed by atoms with Gasteiger partial charge in [-0.3, -0.25) is 4.99 Å². The van der Waals surface area contributed by atoms with Crippen molar-refractivity contribution in [2.24, 2.45) is 4.99 Å². The molecule has 1 aromatic heterocycles. The van der Waals surface area contributed by atoms with E-state index in [1.807, 2.05) is 0 Å². The number of nitrogens with one attached hydrogen (secondary N) is 2. The highest BCUT2D eigenvalue weighted by molar-refractivity contribution is 5.80. The lowest BCUT2D eigenvalue weighted by Gasteiger charge is -2.22. The molecule has 2 aliphatic rings. The largest absolute Gasteiger partial charge is 0.373 e. The average molecular weight is 292 g/mol. The van der Waals surface area contributed by atoms with Crippen LogP contribution in [0.2, 0.25) is 0 Å². The third kappa shape index (κ3) is 3.18. The molecule has 0 aliphatic carbocycles. The van der Waals surface area contributed by atoms with E-state index in [9.17, 15) is 0 Å². The van der Waals surface area contributed by atoms with Gasteiger partial charge in [-0.25, -0.2) is 0 Å². The van der Waals surface area contributed by atoms with Gasteiger partial charge >= 0.3 is 0 Å². The van der Waals surface area contributed by atoms with E-state index in [4.69, 9.17) is 4.74 Å². The number of ether oxygens (including phenoxy) is 1. The fourth-order valence-corrected chi connectivity index (χ4v) is 3.19. The third-order valence-corrected chi connectivity index (χ3v) is 4.31. The Kier molecular flexibility index (Phi) is 4.38. The predicted molar refractivity (Wildman–Crippen MR) is 80.2 cm³/mol. The zero-order valence-electron chi connectivity index (χ0n) is 12.7. The molecule has 0 aromatic carbocycles. The van der Waals surface area contributed by atoms with Crippen LogP contribution < -0.4 is 10.6 Å². The van der Waals surface area contributed by atoms with Crippen molar-refractivity contribution in [1.82, 2.24) is 25.4 Å². The molecule has 3 rings (SSSR count). The Morgan fingerprint density at radius 1 is 1.52 bits per heavy atom. The van der Waals surface area contributed by atoms with Crippen molar-refractivity contribution in [2.45, 2.75) is 57.4 Å². The van der Waals surface area contributed by atoms with Crippen LogP contribution in [0.15, 0.2) is 11.3 Å². The molecule has 21 heavy (non-hydrogen) atoms. The van der Waals surface area contributed by atoms with Crippen molar-refractivity contribution in [1.29, 1.82) is 0 Å². The molecule has 0 radical (unpaired) electrons. The topological polar surface area (TPSA) is 76.4 Å². The number of hydrogen-bond donors (Lipinski definition) is 2. The van der Waals surface area contributed by atoms with Crippen molar-refractivity contribution in [3.8, 4) is 0 Å². The minimum absolute atomic E-state index is 0.359. The fraction of sp³-hybridized carbons (Fsp3) is 0.786. The highest BCUT2D eigenvalue weighted by atomic mass is 16.5. The number of guanidine groups is 1. The van der Waals surface area contributed by atoms with Gasteiger partial charge in [0.2, 0.25) is 0 Å². The van der Waals surface area contributed by atoms with E-state index < -0.39 is 0 Å². The van der Waals surface area contributed by atoms with Crippen LogP contribution in [0.4, 0.5) is 0 Å². The number of fused-ring (bicyclic) bond motifs is 2. The lowest BCUT2D eigenvalue weighted by atomic mass is 9.96. The summed E-state index contributed by atoms with van der Waals surface area (Å²) in [4.78, 5) is 4.29. The maximum absolute atomic E-state index is 5.86. The quantitative estimate of drug-likeness (QED) is 0.604. The molecule has 2 fully saturated rings. The van der Waals surface area contributed by atoms with Gasteiger partial charge in [-0.2, -0.15) is 0 Å². The molecule has 116 valence electrons. The first-order chi connectivity index (χ1) is 10.3. The molecule has 0 amide bonds. The summed E-state index contributed by atoms with van der Waals surface area (Å²) in [7, 11) is 1.81. The van der Waals surface area contributed by atoms with Crippen LogP contribution in [-0.2, 0) is 17.7 Å². The smallest absolute Gasteiger partial charge is 0.191 e. The molecule has 2 bridgehead atoms. The van der Waals surface area contributed by atoms with Crippen LogP contribution >= 0.6 is 0 Å². The molecule has 0 saturated carbocycles. The number of aliphatic imine (C=N–C) groups is 1. The SMILES string of the molecule is CCc1nncn1CCNC(=NC)NC1CC2CCC1O2. The molecule has 1 aromatic rings. The first kappa shape index (κ1) is 14.3. The molecular weight excluding hydrogens is 268 g/mol. The van der Waals surface area contributed by atoms with E-state index >= 15 is 0 Å². The minimum Gasteiger partial charge on any atom is -0.373 e. The number of aryl methyl sites for hydroxylation is 1. The van der Waals surface area contributed by atoms with Gasteiger partial charge in [0.25, 0.3) is 0 Å². The molecule has 3 heterocycles. The number of nitrogens with zero attached hydrogens (tertiary/aromatic N) is 4. The maximum atomic E-state index is 5.86. The van der Waals surface area contributed by atoms with Gasteiger partial charge in [0, 0.05) is 26.6 Å². The molecule has 2 aliphatic heterocycles. The van der Waals surface area contributed by atoms with Crippen LogP contribution in [-0.4, -0.2) is 52.6 Å². The Morgan fingerprint density at radius 2 is 2.43 bits per heavy atom. The van der Waals surface area contributed by atoms with Gasteiger partial charge in [-0.05, 0) is 19.3 Å². The lowest BCUT2D eigenvalue weighted by molar-refractivity contribution is 0.0992. The minimum atomic E-state index is 0.359. The molecular formula is C14H24N6O. The zero-order valence-corrected chi connectivity index (χ0v) is 12.7. The number of hydrogen-bond acceptors (Lipinski definition) is 4. The summed E-state index contributed by atoms with van der Waals surface area (Å²) >= 11 is 0. The van der Waals surface area contributed by atoms with Crippen molar-refractivity contribution in [3.05, 3.63) is 12.2 Å². The number of rotatable bonds is 5. The average Bonchev–Trinajstić information content (AvgIpc) is 3.22. The van der Waals surface area contributed by atoms with E-state index in [0.717, 1.165) is 37.7 Å². The van der Waals surface area contributed by atoms with E-state index in [2.05, 4.69) is 37.3 Å². The van der Waals surface area contributed by atoms with Crippen LogP contribution in [0, 0.1) is 0 Å². The third-order valence-electron chi connectivity index (χ3n) is 4.31. The molecule has 7 nitrogen and oxygen atoms in total. The van der Waals surface area contributed by atoms with Crippen LogP contribution in [0.1, 0.15) is 32.0 Å². The monoisotopic (exact) mass is 292 g/mol. The number of aromatic nitrogens is 3. The second-order valence-corrected chi connectivity index (χ2v) is 5.65. The summed E-state index contributed by atoms with van der Waals surface area (Å²) in [6.45, 7) is 3.72. The molecule has 7 heteroatoms. The summed E-state index contributed by atoms with van der Waals surface area (Å²) < 4.78 is 7.93. The second-order valence-electron chi connectivity index (χ2n) is 5.65. The Labute approximate surface area is 125 Å². The molecule has 3 unspecified atom stereocenters. The highest BCUT2D eigenvalue weighted by Gasteiger charge is 2.41. The Bertz CT molecular complexity index is 499. The molecule has 3 atom stereocenters. The summed E-state index contributed by atoms with van der Waals surface area (Å²) in [6, 6.07) is 0.399. The van der Waals surface area contributed by atoms with Gasteiger partial charge in [0.1, 0.15) is 12.2 Å². The van der Waals surface area contributed by atoms with Crippen LogP contribution in [0.25, 0.3) is 0 Å². The first-order valence-corrected chi connectivity index (χ1v) is 7.79. The maximum Gasteiger partial charge on any atom is 0.191 e. The summed E-state index contributed by atoms with van der Waals surface area (Å²) in [5, 5.41) is 14.9. The van der Waals surface area contributed by atoms with Gasteiger partial charge in [-0.15, -0.1) is 10.2 Å². The first-order valence-electron chi connectivity index (χ1n) is 7.79. The van der Waals surface area contributed by atoms with Gasteiger partial charge in [0.05, 0.1) is 18.2 Å². The Morgan fingerprint density at radius 3 is 3.10 bits per heavy atom. The molecule has 2 N–H and O–H groups in total. The Hall–Kier alpha value is -1.63. The van der Waals surface area contributed by atoms with Crippen LogP contribution in [0.5, 0.6) is 0 Å². The van der Waals surface area contributed by atoms with Crippen LogP contribution in [0.3, 0.4) is 0 Å². The summed E-state index contributed by atoms with van der Waals surface area (Å²) in [6.07, 6.45) is 6.96. The predicted octanol–water partition coefficient (Wildman–Crippen LogP) is 0.325. The normalized spacial score (nSPS) is 28.1. The van der Waals surface area contributed by atoms with Gasteiger partial charge in [-0.1, -0.05) is 6.92 Å². The summed E-state index contributed by atoms with van der Waals surface area (Å²) in [5.74, 6) is 1.86. The lowest BCUT2D eigenvalue weighted by Crippen LogP contribution is -2.48. The van der Waals surface area contributed by atoms with Gasteiger partial charge < -0.3 is 19.9 Å².